The van der Waals surface area contributed by atoms with E-state index >= 15 is 0 Å². The van der Waals surface area contributed by atoms with E-state index in [-0.39, 0.29) is 0 Å². The van der Waals surface area contributed by atoms with Crippen molar-refractivity contribution in [3.05, 3.63) is 0 Å². The van der Waals surface area contributed by atoms with Crippen molar-refractivity contribution in [3.63, 3.8) is 0 Å². The molecule has 0 amide bonds. The summed E-state index contributed by atoms with van der Waals surface area (Å²) in [5.41, 5.74) is 1.81. The van der Waals surface area contributed by atoms with Crippen LogP contribution in [0.5, 0.6) is 0 Å². The molecule has 0 spiro atoms. The lowest BCUT2D eigenvalue weighted by Gasteiger charge is -2.67. The molecule has 4 aliphatic carbocycles. The Hall–Kier alpha value is -0.480. The monoisotopic (exact) mass is 273 g/mol. The average Bonchev–Trinajstić information content (AvgIpc) is 2.29. The predicted molar refractivity (Wildman–Crippen MR) is 85.4 cm³/mol. The van der Waals surface area contributed by atoms with Gasteiger partial charge in [0.25, 0.3) is 0 Å². The van der Waals surface area contributed by atoms with Gasteiger partial charge in [0.15, 0.2) is 0 Å². The molecule has 1 N–H and O–H groups in total. The van der Waals surface area contributed by atoms with E-state index in [1.54, 1.807) is 0 Å². The summed E-state index contributed by atoms with van der Waals surface area (Å²) < 4.78 is 0. The Morgan fingerprint density at radius 2 is 1.75 bits per heavy atom. The second kappa shape index (κ2) is 4.77. The standard InChI is InChI=1S/C19H31N/c1-5-6-7-8-16(20-4)19-11-15-9-17(2,13-19)12-18(3,10-15)14-19/h15-16,20H,7-14H2,1-4H3. The summed E-state index contributed by atoms with van der Waals surface area (Å²) in [6.07, 6.45) is 11.1. The van der Waals surface area contributed by atoms with Crippen molar-refractivity contribution in [2.24, 2.45) is 22.2 Å². The summed E-state index contributed by atoms with van der Waals surface area (Å²) in [6.45, 7) is 7.10. The normalized spacial score (nSPS) is 46.9. The fourth-order valence-corrected chi connectivity index (χ4v) is 7.02. The zero-order chi connectivity index (χ0) is 14.4. The highest BCUT2D eigenvalue weighted by Crippen LogP contribution is 2.70. The Morgan fingerprint density at radius 1 is 1.10 bits per heavy atom. The molecule has 4 aliphatic rings. The van der Waals surface area contributed by atoms with Crippen molar-refractivity contribution < 1.29 is 0 Å². The first-order valence-electron chi connectivity index (χ1n) is 8.50. The Bertz CT molecular complexity index is 422. The minimum Gasteiger partial charge on any atom is -0.316 e. The molecular weight excluding hydrogens is 242 g/mol. The molecule has 3 unspecified atom stereocenters. The molecule has 4 rings (SSSR count). The van der Waals surface area contributed by atoms with Crippen LogP contribution in [0.2, 0.25) is 0 Å². The molecule has 0 aliphatic heterocycles. The molecule has 112 valence electrons. The summed E-state index contributed by atoms with van der Waals surface area (Å²) in [5, 5.41) is 3.68. The molecule has 1 nitrogen and oxygen atoms in total. The quantitative estimate of drug-likeness (QED) is 0.750. The molecule has 4 fully saturated rings. The Morgan fingerprint density at radius 3 is 2.25 bits per heavy atom. The fraction of sp³-hybridized carbons (Fsp3) is 0.895. The van der Waals surface area contributed by atoms with Crippen LogP contribution in [0.15, 0.2) is 0 Å². The molecule has 4 bridgehead atoms. The molecular formula is C19H31N. The Balaban J connectivity index is 1.84. The van der Waals surface area contributed by atoms with E-state index in [2.05, 4.69) is 38.1 Å². The maximum atomic E-state index is 3.68. The third-order valence-corrected chi connectivity index (χ3v) is 6.49. The maximum absolute atomic E-state index is 3.68. The summed E-state index contributed by atoms with van der Waals surface area (Å²) in [5.74, 6) is 7.33. The minimum absolute atomic E-state index is 0.563. The van der Waals surface area contributed by atoms with Crippen LogP contribution in [0.4, 0.5) is 0 Å². The fourth-order valence-electron chi connectivity index (χ4n) is 7.02. The van der Waals surface area contributed by atoms with Gasteiger partial charge in [0, 0.05) is 12.5 Å². The number of nitrogens with one attached hydrogen (secondary N) is 1. The van der Waals surface area contributed by atoms with Crippen LogP contribution in [0.25, 0.3) is 0 Å². The summed E-state index contributed by atoms with van der Waals surface area (Å²) in [6, 6.07) is 0.672. The highest BCUT2D eigenvalue weighted by atomic mass is 14.9. The van der Waals surface area contributed by atoms with Crippen molar-refractivity contribution in [1.82, 2.24) is 5.32 Å². The van der Waals surface area contributed by atoms with Gasteiger partial charge in [0.2, 0.25) is 0 Å². The predicted octanol–water partition coefficient (Wildman–Crippen LogP) is 4.37. The SMILES string of the molecule is CC#CCCC(NC)C12CC3CC(C)(CC(C)(C3)C1)C2. The molecule has 1 heteroatoms. The second-order valence-electron chi connectivity index (χ2n) is 8.80. The van der Waals surface area contributed by atoms with Gasteiger partial charge in [-0.05, 0) is 81.1 Å². The number of hydrogen-bond donors (Lipinski definition) is 1. The first kappa shape index (κ1) is 14.5. The highest BCUT2D eigenvalue weighted by Gasteiger charge is 2.61. The first-order valence-corrected chi connectivity index (χ1v) is 8.50. The van der Waals surface area contributed by atoms with E-state index in [9.17, 15) is 0 Å². The largest absolute Gasteiger partial charge is 0.316 e. The van der Waals surface area contributed by atoms with Crippen molar-refractivity contribution in [3.8, 4) is 11.8 Å². The smallest absolute Gasteiger partial charge is 0.0130 e. The van der Waals surface area contributed by atoms with E-state index in [1.807, 2.05) is 6.92 Å². The summed E-state index contributed by atoms with van der Waals surface area (Å²) in [7, 11) is 2.17. The van der Waals surface area contributed by atoms with Gasteiger partial charge in [-0.15, -0.1) is 11.8 Å². The van der Waals surface area contributed by atoms with Crippen molar-refractivity contribution in [1.29, 1.82) is 0 Å². The van der Waals surface area contributed by atoms with Crippen LogP contribution in [-0.4, -0.2) is 13.1 Å². The van der Waals surface area contributed by atoms with E-state index in [4.69, 9.17) is 0 Å². The van der Waals surface area contributed by atoms with Gasteiger partial charge in [0.1, 0.15) is 0 Å². The highest BCUT2D eigenvalue weighted by molar-refractivity contribution is 5.13. The van der Waals surface area contributed by atoms with Gasteiger partial charge in [-0.3, -0.25) is 0 Å². The van der Waals surface area contributed by atoms with Crippen LogP contribution in [0, 0.1) is 34.0 Å². The van der Waals surface area contributed by atoms with Gasteiger partial charge < -0.3 is 5.32 Å². The Labute approximate surface area is 125 Å². The molecule has 0 heterocycles. The minimum atomic E-state index is 0.563. The van der Waals surface area contributed by atoms with Crippen LogP contribution < -0.4 is 5.32 Å². The van der Waals surface area contributed by atoms with Gasteiger partial charge in [-0.1, -0.05) is 13.8 Å². The lowest BCUT2D eigenvalue weighted by molar-refractivity contribution is -0.157. The zero-order valence-electron chi connectivity index (χ0n) is 13.8. The van der Waals surface area contributed by atoms with Gasteiger partial charge >= 0.3 is 0 Å². The molecule has 4 saturated carbocycles. The molecule has 0 aromatic heterocycles. The zero-order valence-corrected chi connectivity index (χ0v) is 13.8. The third-order valence-electron chi connectivity index (χ3n) is 6.49. The first-order chi connectivity index (χ1) is 9.43. The third kappa shape index (κ3) is 2.31. The van der Waals surface area contributed by atoms with E-state index in [0.29, 0.717) is 22.3 Å². The van der Waals surface area contributed by atoms with E-state index in [1.165, 1.54) is 44.9 Å². The summed E-state index contributed by atoms with van der Waals surface area (Å²) in [4.78, 5) is 0. The van der Waals surface area contributed by atoms with Gasteiger partial charge in [0.05, 0.1) is 0 Å². The lowest BCUT2D eigenvalue weighted by atomic mass is 9.39. The number of hydrogen-bond acceptors (Lipinski definition) is 1. The average molecular weight is 273 g/mol. The van der Waals surface area contributed by atoms with Gasteiger partial charge in [-0.2, -0.15) is 0 Å². The molecule has 3 atom stereocenters. The second-order valence-corrected chi connectivity index (χ2v) is 8.80. The van der Waals surface area contributed by atoms with E-state index in [0.717, 1.165) is 12.3 Å². The van der Waals surface area contributed by atoms with Crippen molar-refractivity contribution in [2.45, 2.75) is 78.2 Å². The van der Waals surface area contributed by atoms with Crippen molar-refractivity contribution in [2.75, 3.05) is 7.05 Å². The molecule has 0 saturated heterocycles. The van der Waals surface area contributed by atoms with Crippen LogP contribution >= 0.6 is 0 Å². The maximum Gasteiger partial charge on any atom is 0.0130 e. The summed E-state index contributed by atoms with van der Waals surface area (Å²) >= 11 is 0. The Kier molecular flexibility index (Phi) is 3.45. The molecule has 0 aromatic rings. The van der Waals surface area contributed by atoms with Crippen LogP contribution in [-0.2, 0) is 0 Å². The van der Waals surface area contributed by atoms with Crippen LogP contribution in [0.1, 0.15) is 72.1 Å². The number of rotatable bonds is 4. The molecule has 0 aromatic carbocycles. The lowest BCUT2D eigenvalue weighted by Crippen LogP contribution is -2.61. The topological polar surface area (TPSA) is 12.0 Å². The molecule has 0 radical (unpaired) electrons. The van der Waals surface area contributed by atoms with E-state index < -0.39 is 0 Å². The van der Waals surface area contributed by atoms with Crippen LogP contribution in [0.3, 0.4) is 0 Å². The van der Waals surface area contributed by atoms with Crippen molar-refractivity contribution >= 4 is 0 Å². The van der Waals surface area contributed by atoms with Gasteiger partial charge in [-0.25, -0.2) is 0 Å². The molecule has 20 heavy (non-hydrogen) atoms.